The molecule has 1 aliphatic heterocycles. The fraction of sp³-hybridized carbons (Fsp3) is 0.412. The molecule has 0 aliphatic carbocycles. The van der Waals surface area contributed by atoms with Crippen LogP contribution in [0.2, 0.25) is 0 Å². The number of ether oxygens (including phenoxy) is 1. The number of nitrogens with zero attached hydrogens (tertiary/aromatic N) is 1. The fourth-order valence-electron chi connectivity index (χ4n) is 2.98. The van der Waals surface area contributed by atoms with E-state index in [1.54, 1.807) is 6.07 Å². The number of aromatic nitrogens is 2. The Morgan fingerprint density at radius 3 is 2.81 bits per heavy atom. The van der Waals surface area contributed by atoms with Gasteiger partial charge in [-0.05, 0) is 18.1 Å². The number of halogens is 3. The van der Waals surface area contributed by atoms with Gasteiger partial charge in [-0.1, -0.05) is 18.2 Å². The zero-order valence-electron chi connectivity index (χ0n) is 13.8. The van der Waals surface area contributed by atoms with E-state index in [4.69, 9.17) is 4.74 Å². The van der Waals surface area contributed by atoms with Gasteiger partial charge in [-0.2, -0.15) is 13.2 Å². The number of morpholine rings is 1. The maximum atomic E-state index is 12.8. The van der Waals surface area contributed by atoms with Gasteiger partial charge in [0.1, 0.15) is 0 Å². The number of H-pyrrole nitrogens is 2. The van der Waals surface area contributed by atoms with Gasteiger partial charge in [-0.15, -0.1) is 0 Å². The van der Waals surface area contributed by atoms with Gasteiger partial charge in [0.2, 0.25) is 0 Å². The Bertz CT molecular complexity index is 876. The van der Waals surface area contributed by atoms with Gasteiger partial charge < -0.3 is 9.72 Å². The molecule has 0 amide bonds. The zero-order valence-corrected chi connectivity index (χ0v) is 13.8. The topological polar surface area (TPSA) is 78.2 Å². The minimum atomic E-state index is -4.37. The Hall–Kier alpha value is -2.39. The monoisotopic (exact) mass is 369 g/mol. The standard InChI is InChI=1S/C17H18F3N3O3/c18-17(19,20)13-3-1-2-11(6-13)7-14-10-23(4-5-26-14)9-12-8-21-16(25)22-15(12)24/h1-3,6,8,14H,4-5,7,9-10H2,(H2,21,22,24,25). The summed E-state index contributed by atoms with van der Waals surface area (Å²) in [6, 6.07) is 5.21. The van der Waals surface area contributed by atoms with Crippen molar-refractivity contribution in [1.29, 1.82) is 0 Å². The molecule has 0 spiro atoms. The lowest BCUT2D eigenvalue weighted by molar-refractivity contribution is -0.137. The molecule has 3 rings (SSSR count). The van der Waals surface area contributed by atoms with E-state index in [0.29, 0.717) is 43.8 Å². The number of alkyl halides is 3. The molecule has 1 aliphatic rings. The molecule has 2 N–H and O–H groups in total. The molecule has 26 heavy (non-hydrogen) atoms. The number of nitrogens with one attached hydrogen (secondary N) is 2. The van der Waals surface area contributed by atoms with E-state index < -0.39 is 23.0 Å². The van der Waals surface area contributed by atoms with Gasteiger partial charge in [0, 0.05) is 31.4 Å². The van der Waals surface area contributed by atoms with Gasteiger partial charge in [0.25, 0.3) is 5.56 Å². The largest absolute Gasteiger partial charge is 0.416 e. The Balaban J connectivity index is 1.65. The predicted molar refractivity (Wildman–Crippen MR) is 87.8 cm³/mol. The highest BCUT2D eigenvalue weighted by Gasteiger charge is 2.30. The number of aromatic amines is 2. The summed E-state index contributed by atoms with van der Waals surface area (Å²) >= 11 is 0. The van der Waals surface area contributed by atoms with Crippen molar-refractivity contribution >= 4 is 0 Å². The maximum absolute atomic E-state index is 12.8. The lowest BCUT2D eigenvalue weighted by Gasteiger charge is -2.32. The van der Waals surface area contributed by atoms with E-state index in [1.165, 1.54) is 12.3 Å². The first-order valence-corrected chi connectivity index (χ1v) is 8.12. The maximum Gasteiger partial charge on any atom is 0.416 e. The minimum absolute atomic E-state index is 0.269. The summed E-state index contributed by atoms with van der Waals surface area (Å²) in [6.07, 6.45) is -2.92. The molecule has 0 radical (unpaired) electrons. The van der Waals surface area contributed by atoms with E-state index in [2.05, 4.69) is 9.97 Å². The summed E-state index contributed by atoms with van der Waals surface area (Å²) in [6.45, 7) is 1.83. The van der Waals surface area contributed by atoms with Gasteiger partial charge in [0.15, 0.2) is 0 Å². The van der Waals surface area contributed by atoms with Crippen molar-refractivity contribution in [3.05, 3.63) is 68.0 Å². The third-order valence-corrected chi connectivity index (χ3v) is 4.23. The Kier molecular flexibility index (Phi) is 5.28. The van der Waals surface area contributed by atoms with Gasteiger partial charge in [-0.3, -0.25) is 14.7 Å². The van der Waals surface area contributed by atoms with Crippen LogP contribution in [0.4, 0.5) is 13.2 Å². The van der Waals surface area contributed by atoms with E-state index in [-0.39, 0.29) is 6.10 Å². The van der Waals surface area contributed by atoms with Crippen LogP contribution >= 0.6 is 0 Å². The van der Waals surface area contributed by atoms with Crippen LogP contribution < -0.4 is 11.2 Å². The first-order valence-electron chi connectivity index (χ1n) is 8.12. The van der Waals surface area contributed by atoms with Crippen molar-refractivity contribution in [3.63, 3.8) is 0 Å². The van der Waals surface area contributed by atoms with E-state index in [0.717, 1.165) is 12.1 Å². The molecule has 1 atom stereocenters. The molecule has 1 aromatic carbocycles. The first-order chi connectivity index (χ1) is 12.3. The summed E-state index contributed by atoms with van der Waals surface area (Å²) < 4.78 is 44.1. The molecule has 6 nitrogen and oxygen atoms in total. The average molecular weight is 369 g/mol. The molecule has 1 fully saturated rings. The summed E-state index contributed by atoms with van der Waals surface area (Å²) in [4.78, 5) is 29.4. The third-order valence-electron chi connectivity index (χ3n) is 4.23. The van der Waals surface area contributed by atoms with Crippen LogP contribution in [0.15, 0.2) is 40.1 Å². The minimum Gasteiger partial charge on any atom is -0.375 e. The third kappa shape index (κ3) is 4.61. The van der Waals surface area contributed by atoms with Crippen molar-refractivity contribution in [2.75, 3.05) is 19.7 Å². The molecule has 1 unspecified atom stereocenters. The Labute approximate surface area is 146 Å². The Morgan fingerprint density at radius 2 is 2.08 bits per heavy atom. The molecular formula is C17H18F3N3O3. The lowest BCUT2D eigenvalue weighted by Crippen LogP contribution is -2.44. The van der Waals surface area contributed by atoms with Crippen LogP contribution in [0.1, 0.15) is 16.7 Å². The molecular weight excluding hydrogens is 351 g/mol. The zero-order chi connectivity index (χ0) is 18.7. The van der Waals surface area contributed by atoms with Crippen LogP contribution in [0.5, 0.6) is 0 Å². The van der Waals surface area contributed by atoms with Crippen LogP contribution in [-0.4, -0.2) is 40.7 Å². The van der Waals surface area contributed by atoms with Gasteiger partial charge >= 0.3 is 11.9 Å². The molecule has 9 heteroatoms. The lowest BCUT2D eigenvalue weighted by atomic mass is 10.0. The second-order valence-electron chi connectivity index (χ2n) is 6.23. The van der Waals surface area contributed by atoms with Gasteiger partial charge in [0.05, 0.1) is 18.3 Å². The second-order valence-corrected chi connectivity index (χ2v) is 6.23. The number of rotatable bonds is 4. The molecule has 0 saturated carbocycles. The van der Waals surface area contributed by atoms with E-state index in [1.807, 2.05) is 4.90 Å². The predicted octanol–water partition coefficient (Wildman–Crippen LogP) is 1.53. The summed E-state index contributed by atoms with van der Waals surface area (Å²) in [7, 11) is 0. The quantitative estimate of drug-likeness (QED) is 0.857. The van der Waals surface area contributed by atoms with Crippen LogP contribution in [0, 0.1) is 0 Å². The highest BCUT2D eigenvalue weighted by molar-refractivity contribution is 5.26. The second kappa shape index (κ2) is 7.46. The van der Waals surface area contributed by atoms with E-state index >= 15 is 0 Å². The highest BCUT2D eigenvalue weighted by Crippen LogP contribution is 2.30. The number of benzene rings is 1. The SMILES string of the molecule is O=c1[nH]cc(CN2CCOC(Cc3cccc(C(F)(F)F)c3)C2)c(=O)[nH]1. The van der Waals surface area contributed by atoms with E-state index in [9.17, 15) is 22.8 Å². The van der Waals surface area contributed by atoms with Gasteiger partial charge in [-0.25, -0.2) is 4.79 Å². The van der Waals surface area contributed by atoms with Crippen molar-refractivity contribution in [2.24, 2.45) is 0 Å². The van der Waals surface area contributed by atoms with Crippen LogP contribution in [0.3, 0.4) is 0 Å². The smallest absolute Gasteiger partial charge is 0.375 e. The molecule has 2 aromatic rings. The summed E-state index contributed by atoms with van der Waals surface area (Å²) in [5.74, 6) is 0. The fourth-order valence-corrected chi connectivity index (χ4v) is 2.98. The normalized spacial score (nSPS) is 18.8. The highest BCUT2D eigenvalue weighted by atomic mass is 19.4. The average Bonchev–Trinajstić information content (AvgIpc) is 2.57. The van der Waals surface area contributed by atoms with Crippen LogP contribution in [0.25, 0.3) is 0 Å². The number of hydrogen-bond acceptors (Lipinski definition) is 4. The van der Waals surface area contributed by atoms with Crippen molar-refractivity contribution < 1.29 is 17.9 Å². The molecule has 2 heterocycles. The summed E-state index contributed by atoms with van der Waals surface area (Å²) in [5, 5.41) is 0. The van der Waals surface area contributed by atoms with Crippen molar-refractivity contribution in [1.82, 2.24) is 14.9 Å². The van der Waals surface area contributed by atoms with Crippen molar-refractivity contribution in [2.45, 2.75) is 25.2 Å². The first kappa shape index (κ1) is 18.4. The molecule has 0 bridgehead atoms. The van der Waals surface area contributed by atoms with Crippen LogP contribution in [-0.2, 0) is 23.9 Å². The number of hydrogen-bond donors (Lipinski definition) is 2. The Morgan fingerprint density at radius 1 is 1.27 bits per heavy atom. The molecule has 1 aromatic heterocycles. The van der Waals surface area contributed by atoms with Crippen molar-refractivity contribution in [3.8, 4) is 0 Å². The molecule has 1 saturated heterocycles. The molecule has 140 valence electrons. The summed E-state index contributed by atoms with van der Waals surface area (Å²) in [5.41, 5.74) is -0.724.